The molecule has 0 bridgehead atoms. The van der Waals surface area contributed by atoms with Crippen LogP contribution >= 0.6 is 0 Å². The second-order valence-electron chi connectivity index (χ2n) is 8.69. The van der Waals surface area contributed by atoms with Crippen LogP contribution in [0, 0.1) is 26.7 Å². The van der Waals surface area contributed by atoms with Gasteiger partial charge in [0.25, 0.3) is 5.71 Å². The van der Waals surface area contributed by atoms with E-state index in [0.717, 1.165) is 17.5 Å². The number of rotatable bonds is 4. The molecule has 10 heteroatoms. The third-order valence-electron chi connectivity index (χ3n) is 6.00. The second-order valence-corrected chi connectivity index (χ2v) is 8.69. The number of amides is 1. The lowest BCUT2D eigenvalue weighted by atomic mass is 9.91. The van der Waals surface area contributed by atoms with Gasteiger partial charge in [0.15, 0.2) is 0 Å². The van der Waals surface area contributed by atoms with E-state index in [1.807, 2.05) is 31.5 Å². The van der Waals surface area contributed by atoms with Crippen LogP contribution in [-0.4, -0.2) is 43.8 Å². The van der Waals surface area contributed by atoms with Crippen molar-refractivity contribution in [2.45, 2.75) is 59.2 Å². The van der Waals surface area contributed by atoms with Crippen LogP contribution in [0.5, 0.6) is 0 Å². The summed E-state index contributed by atoms with van der Waals surface area (Å²) in [6, 6.07) is 2.98. The molecule has 0 unspecified atom stereocenters. The topological polar surface area (TPSA) is 77.0 Å². The average Bonchev–Trinajstić information content (AvgIpc) is 3.28. The van der Waals surface area contributed by atoms with Crippen LogP contribution in [-0.2, 0) is 17.5 Å². The van der Waals surface area contributed by atoms with Gasteiger partial charge in [-0.25, -0.2) is 4.98 Å². The maximum Gasteiger partial charge on any atom is 0.417 e. The molecule has 0 saturated carbocycles. The van der Waals surface area contributed by atoms with E-state index >= 15 is 0 Å². The van der Waals surface area contributed by atoms with Gasteiger partial charge in [-0.15, -0.1) is 0 Å². The number of pyridine rings is 1. The smallest absolute Gasteiger partial charge is 0.342 e. The Labute approximate surface area is 183 Å². The first kappa shape index (κ1) is 22.3. The summed E-state index contributed by atoms with van der Waals surface area (Å²) in [5, 5.41) is 8.28. The van der Waals surface area contributed by atoms with E-state index in [-0.39, 0.29) is 40.2 Å². The molecule has 0 radical (unpaired) electrons. The molecule has 3 aromatic heterocycles. The van der Waals surface area contributed by atoms with Gasteiger partial charge in [0, 0.05) is 30.4 Å². The number of aryl methyl sites for hydroxylation is 3. The van der Waals surface area contributed by atoms with Gasteiger partial charge in [-0.1, -0.05) is 12.1 Å². The molecule has 3 aromatic rings. The summed E-state index contributed by atoms with van der Waals surface area (Å²) in [5.74, 6) is -0.698. The number of aromatic nitrogens is 4. The van der Waals surface area contributed by atoms with Crippen LogP contribution in [0.2, 0.25) is 0 Å². The Kier molecular flexibility index (Phi) is 5.72. The lowest BCUT2D eigenvalue weighted by Gasteiger charge is -2.33. The standard InChI is InChI=1S/C22H26F3N5O2/c1-12(10-30-15(4)8-14(3)27-30)21(31)29-7-5-6-16(11-29)19-18-17(22(23,24)25)9-13(2)26-20(18)32-28-19/h8-9,12,16H,5-7,10-11H2,1-4H3/t12-,16+/m1/s1. The highest BCUT2D eigenvalue weighted by atomic mass is 19.4. The third kappa shape index (κ3) is 4.22. The van der Waals surface area contributed by atoms with Crippen LogP contribution in [0.15, 0.2) is 16.7 Å². The molecular formula is C22H26F3N5O2. The summed E-state index contributed by atoms with van der Waals surface area (Å²) in [6.07, 6.45) is -3.24. The Morgan fingerprint density at radius 1 is 1.25 bits per heavy atom. The van der Waals surface area contributed by atoms with Gasteiger partial charge in [-0.2, -0.15) is 18.3 Å². The minimum Gasteiger partial charge on any atom is -0.342 e. The molecule has 1 saturated heterocycles. The Bertz CT molecular complexity index is 1150. The Morgan fingerprint density at radius 2 is 2.00 bits per heavy atom. The first-order valence-corrected chi connectivity index (χ1v) is 10.7. The van der Waals surface area contributed by atoms with Gasteiger partial charge in [0.05, 0.1) is 34.8 Å². The van der Waals surface area contributed by atoms with E-state index < -0.39 is 11.7 Å². The van der Waals surface area contributed by atoms with Crippen molar-refractivity contribution < 1.29 is 22.5 Å². The van der Waals surface area contributed by atoms with Crippen molar-refractivity contribution in [1.82, 2.24) is 24.8 Å². The lowest BCUT2D eigenvalue weighted by molar-refractivity contribution is -0.137. The molecule has 2 atom stereocenters. The molecule has 0 aliphatic carbocycles. The molecule has 172 valence electrons. The molecule has 32 heavy (non-hydrogen) atoms. The second kappa shape index (κ2) is 8.22. The van der Waals surface area contributed by atoms with Crippen LogP contribution in [0.25, 0.3) is 11.1 Å². The van der Waals surface area contributed by atoms with Gasteiger partial charge >= 0.3 is 6.18 Å². The van der Waals surface area contributed by atoms with Crippen molar-refractivity contribution in [2.24, 2.45) is 5.92 Å². The molecule has 1 aliphatic rings. The SMILES string of the molecule is Cc1cc(C(F)(F)F)c2c([C@H]3CCCN(C(=O)[C@H](C)Cn4nc(C)cc4C)C3)noc2n1. The molecular weight excluding hydrogens is 423 g/mol. The molecule has 1 amide bonds. The molecule has 0 spiro atoms. The van der Waals surface area contributed by atoms with Crippen molar-refractivity contribution >= 4 is 17.0 Å². The monoisotopic (exact) mass is 449 g/mol. The highest BCUT2D eigenvalue weighted by Gasteiger charge is 2.38. The number of fused-ring (bicyclic) bond motifs is 1. The number of hydrogen-bond acceptors (Lipinski definition) is 5. The lowest BCUT2D eigenvalue weighted by Crippen LogP contribution is -2.42. The van der Waals surface area contributed by atoms with Crippen LogP contribution < -0.4 is 0 Å². The zero-order chi connectivity index (χ0) is 23.2. The highest BCUT2D eigenvalue weighted by Crippen LogP contribution is 2.40. The van der Waals surface area contributed by atoms with E-state index in [0.29, 0.717) is 32.5 Å². The number of carbonyl (C=O) groups excluding carboxylic acids is 1. The van der Waals surface area contributed by atoms with E-state index in [2.05, 4.69) is 15.2 Å². The fourth-order valence-corrected chi connectivity index (χ4v) is 4.51. The number of piperidine rings is 1. The maximum absolute atomic E-state index is 13.7. The molecule has 0 N–H and O–H groups in total. The van der Waals surface area contributed by atoms with E-state index in [9.17, 15) is 18.0 Å². The number of halogens is 3. The summed E-state index contributed by atoms with van der Waals surface area (Å²) >= 11 is 0. The van der Waals surface area contributed by atoms with Crippen LogP contribution in [0.1, 0.15) is 54.0 Å². The largest absolute Gasteiger partial charge is 0.417 e. The van der Waals surface area contributed by atoms with Gasteiger partial charge in [-0.05, 0) is 45.7 Å². The predicted octanol–water partition coefficient (Wildman–Crippen LogP) is 4.41. The maximum atomic E-state index is 13.7. The summed E-state index contributed by atoms with van der Waals surface area (Å²) < 4.78 is 48.1. The van der Waals surface area contributed by atoms with Crippen molar-refractivity contribution in [2.75, 3.05) is 13.1 Å². The van der Waals surface area contributed by atoms with Crippen molar-refractivity contribution in [3.8, 4) is 0 Å². The van der Waals surface area contributed by atoms with E-state index in [1.165, 1.54) is 6.92 Å². The van der Waals surface area contributed by atoms with Crippen molar-refractivity contribution in [3.63, 3.8) is 0 Å². The predicted molar refractivity (Wildman–Crippen MR) is 111 cm³/mol. The third-order valence-corrected chi connectivity index (χ3v) is 6.00. The van der Waals surface area contributed by atoms with Crippen LogP contribution in [0.3, 0.4) is 0 Å². The summed E-state index contributed by atoms with van der Waals surface area (Å²) in [6.45, 7) is 8.50. The summed E-state index contributed by atoms with van der Waals surface area (Å²) in [4.78, 5) is 18.9. The van der Waals surface area contributed by atoms with Crippen molar-refractivity contribution in [3.05, 3.63) is 40.5 Å². The van der Waals surface area contributed by atoms with Crippen LogP contribution in [0.4, 0.5) is 13.2 Å². The van der Waals surface area contributed by atoms with Crippen molar-refractivity contribution in [1.29, 1.82) is 0 Å². The Hall–Kier alpha value is -2.91. The molecule has 4 rings (SSSR count). The van der Waals surface area contributed by atoms with Gasteiger partial charge in [-0.3, -0.25) is 9.48 Å². The molecule has 4 heterocycles. The zero-order valence-electron chi connectivity index (χ0n) is 18.5. The fraction of sp³-hybridized carbons (Fsp3) is 0.545. The Balaban J connectivity index is 1.57. The number of likely N-dealkylation sites (tertiary alicyclic amines) is 1. The van der Waals surface area contributed by atoms with Gasteiger partial charge in [0.2, 0.25) is 5.91 Å². The zero-order valence-corrected chi connectivity index (χ0v) is 18.5. The Morgan fingerprint density at radius 3 is 2.66 bits per heavy atom. The minimum atomic E-state index is -4.55. The first-order chi connectivity index (χ1) is 15.0. The number of nitrogens with zero attached hydrogens (tertiary/aromatic N) is 5. The average molecular weight is 449 g/mol. The highest BCUT2D eigenvalue weighted by molar-refractivity contribution is 5.82. The number of alkyl halides is 3. The normalized spacial score (nSPS) is 18.3. The summed E-state index contributed by atoms with van der Waals surface area (Å²) in [7, 11) is 0. The summed E-state index contributed by atoms with van der Waals surface area (Å²) in [5.41, 5.74) is 1.40. The number of carbonyl (C=O) groups is 1. The minimum absolute atomic E-state index is 0.0416. The molecule has 0 aromatic carbocycles. The fourth-order valence-electron chi connectivity index (χ4n) is 4.51. The van der Waals surface area contributed by atoms with Gasteiger partial charge in [0.1, 0.15) is 0 Å². The van der Waals surface area contributed by atoms with E-state index in [4.69, 9.17) is 4.52 Å². The van der Waals surface area contributed by atoms with Gasteiger partial charge < -0.3 is 9.42 Å². The quantitative estimate of drug-likeness (QED) is 0.590. The number of hydrogen-bond donors (Lipinski definition) is 0. The molecule has 1 aliphatic heterocycles. The first-order valence-electron chi connectivity index (χ1n) is 10.7. The molecule has 7 nitrogen and oxygen atoms in total. The van der Waals surface area contributed by atoms with E-state index in [1.54, 1.807) is 4.90 Å². The molecule has 1 fully saturated rings.